The van der Waals surface area contributed by atoms with Crippen molar-refractivity contribution in [3.63, 3.8) is 0 Å². The summed E-state index contributed by atoms with van der Waals surface area (Å²) in [5.74, 6) is 0. The SMILES string of the molecule is CC1(O)CCN(S(=O)(=O)c2sccc2Br)CC1. The summed E-state index contributed by atoms with van der Waals surface area (Å²) in [6.07, 6.45) is 0.963. The van der Waals surface area contributed by atoms with Gasteiger partial charge in [0.05, 0.1) is 5.60 Å². The molecule has 1 aliphatic rings. The Morgan fingerprint density at radius 1 is 1.47 bits per heavy atom. The van der Waals surface area contributed by atoms with E-state index in [0.29, 0.717) is 34.6 Å². The van der Waals surface area contributed by atoms with E-state index in [4.69, 9.17) is 0 Å². The van der Waals surface area contributed by atoms with Gasteiger partial charge in [-0.3, -0.25) is 0 Å². The van der Waals surface area contributed by atoms with Gasteiger partial charge in [-0.15, -0.1) is 11.3 Å². The third-order valence-corrected chi connectivity index (χ3v) is 7.50. The number of thiophene rings is 1. The third-order valence-electron chi connectivity index (χ3n) is 2.96. The molecule has 1 aliphatic heterocycles. The van der Waals surface area contributed by atoms with E-state index in [1.54, 1.807) is 18.4 Å². The molecule has 0 aromatic carbocycles. The largest absolute Gasteiger partial charge is 0.390 e. The highest BCUT2D eigenvalue weighted by Crippen LogP contribution is 2.33. The highest BCUT2D eigenvalue weighted by Gasteiger charge is 2.35. The van der Waals surface area contributed by atoms with Gasteiger partial charge in [-0.2, -0.15) is 4.31 Å². The molecule has 1 aromatic rings. The highest BCUT2D eigenvalue weighted by atomic mass is 79.9. The Hall–Kier alpha value is 0.0500. The second kappa shape index (κ2) is 4.62. The minimum atomic E-state index is -3.41. The zero-order valence-corrected chi connectivity index (χ0v) is 12.6. The number of hydrogen-bond donors (Lipinski definition) is 1. The molecule has 0 radical (unpaired) electrons. The molecule has 2 rings (SSSR count). The summed E-state index contributed by atoms with van der Waals surface area (Å²) in [6.45, 7) is 2.50. The molecular weight excluding hydrogens is 326 g/mol. The van der Waals surface area contributed by atoms with Crippen LogP contribution in [0.3, 0.4) is 0 Å². The fourth-order valence-corrected chi connectivity index (χ4v) is 5.68. The van der Waals surface area contributed by atoms with Crippen molar-refractivity contribution in [3.05, 3.63) is 15.9 Å². The lowest BCUT2D eigenvalue weighted by molar-refractivity contribution is 0.0126. The van der Waals surface area contributed by atoms with Crippen LogP contribution in [0.5, 0.6) is 0 Å². The molecule has 0 unspecified atom stereocenters. The monoisotopic (exact) mass is 339 g/mol. The Labute approximate surface area is 113 Å². The summed E-state index contributed by atoms with van der Waals surface area (Å²) in [7, 11) is -3.41. The zero-order chi connectivity index (χ0) is 12.7. The molecule has 0 aliphatic carbocycles. The van der Waals surface area contributed by atoms with Crippen LogP contribution >= 0.6 is 27.3 Å². The van der Waals surface area contributed by atoms with Crippen molar-refractivity contribution in [2.45, 2.75) is 29.6 Å². The van der Waals surface area contributed by atoms with Crippen LogP contribution in [0.4, 0.5) is 0 Å². The van der Waals surface area contributed by atoms with Gasteiger partial charge >= 0.3 is 0 Å². The summed E-state index contributed by atoms with van der Waals surface area (Å²) >= 11 is 4.46. The molecular formula is C10H14BrNO3S2. The topological polar surface area (TPSA) is 57.6 Å². The van der Waals surface area contributed by atoms with E-state index in [1.165, 1.54) is 15.6 Å². The number of piperidine rings is 1. The minimum Gasteiger partial charge on any atom is -0.390 e. The molecule has 1 N–H and O–H groups in total. The fourth-order valence-electron chi connectivity index (χ4n) is 1.79. The Bertz CT molecular complexity index is 499. The zero-order valence-electron chi connectivity index (χ0n) is 9.39. The van der Waals surface area contributed by atoms with Gasteiger partial charge in [0.25, 0.3) is 10.0 Å². The van der Waals surface area contributed by atoms with Gasteiger partial charge in [-0.1, -0.05) is 0 Å². The third kappa shape index (κ3) is 2.73. The maximum absolute atomic E-state index is 12.3. The smallest absolute Gasteiger partial charge is 0.253 e. The van der Waals surface area contributed by atoms with Crippen LogP contribution in [-0.2, 0) is 10.0 Å². The van der Waals surface area contributed by atoms with Crippen LogP contribution < -0.4 is 0 Å². The number of sulfonamides is 1. The quantitative estimate of drug-likeness (QED) is 0.896. The average Bonchev–Trinajstić information content (AvgIpc) is 2.64. The standard InChI is InChI=1S/C10H14BrNO3S2/c1-10(13)3-5-12(6-4-10)17(14,15)9-8(11)2-7-16-9/h2,7,13H,3-6H2,1H3. The van der Waals surface area contributed by atoms with Crippen molar-refractivity contribution in [1.29, 1.82) is 0 Å². The van der Waals surface area contributed by atoms with E-state index in [9.17, 15) is 13.5 Å². The van der Waals surface area contributed by atoms with Gasteiger partial charge < -0.3 is 5.11 Å². The highest BCUT2D eigenvalue weighted by molar-refractivity contribution is 9.10. The van der Waals surface area contributed by atoms with Crippen molar-refractivity contribution in [2.75, 3.05) is 13.1 Å². The van der Waals surface area contributed by atoms with Crippen LogP contribution in [0.2, 0.25) is 0 Å². The lowest BCUT2D eigenvalue weighted by Crippen LogP contribution is -2.44. The molecule has 1 fully saturated rings. The lowest BCUT2D eigenvalue weighted by Gasteiger charge is -2.34. The van der Waals surface area contributed by atoms with Crippen LogP contribution in [0.1, 0.15) is 19.8 Å². The van der Waals surface area contributed by atoms with Crippen molar-refractivity contribution >= 4 is 37.3 Å². The fraction of sp³-hybridized carbons (Fsp3) is 0.600. The van der Waals surface area contributed by atoms with Crippen LogP contribution in [-0.4, -0.2) is 36.5 Å². The van der Waals surface area contributed by atoms with Crippen molar-refractivity contribution in [2.24, 2.45) is 0 Å². The van der Waals surface area contributed by atoms with E-state index >= 15 is 0 Å². The lowest BCUT2D eigenvalue weighted by atomic mass is 9.95. The molecule has 1 aromatic heterocycles. The first-order valence-corrected chi connectivity index (χ1v) is 8.40. The van der Waals surface area contributed by atoms with E-state index in [-0.39, 0.29) is 0 Å². The molecule has 1 saturated heterocycles. The summed E-state index contributed by atoms with van der Waals surface area (Å²) in [5, 5.41) is 11.6. The Morgan fingerprint density at radius 3 is 2.53 bits per heavy atom. The molecule has 0 amide bonds. The molecule has 0 saturated carbocycles. The molecule has 96 valence electrons. The van der Waals surface area contributed by atoms with Gasteiger partial charge in [0, 0.05) is 17.6 Å². The van der Waals surface area contributed by atoms with Gasteiger partial charge in [-0.05, 0) is 47.1 Å². The summed E-state index contributed by atoms with van der Waals surface area (Å²) < 4.78 is 27.0. The summed E-state index contributed by atoms with van der Waals surface area (Å²) in [6, 6.07) is 1.73. The number of nitrogens with zero attached hydrogens (tertiary/aromatic N) is 1. The summed E-state index contributed by atoms with van der Waals surface area (Å²) in [5.41, 5.74) is -0.737. The van der Waals surface area contributed by atoms with Crippen LogP contribution in [0.15, 0.2) is 20.1 Å². The van der Waals surface area contributed by atoms with E-state index < -0.39 is 15.6 Å². The second-order valence-corrected chi connectivity index (χ2v) is 8.36. The van der Waals surface area contributed by atoms with E-state index in [1.807, 2.05) is 0 Å². The molecule has 0 bridgehead atoms. The van der Waals surface area contributed by atoms with Gasteiger partial charge in [0.15, 0.2) is 0 Å². The first-order chi connectivity index (χ1) is 7.83. The van der Waals surface area contributed by atoms with Crippen LogP contribution in [0, 0.1) is 0 Å². The van der Waals surface area contributed by atoms with Crippen LogP contribution in [0.25, 0.3) is 0 Å². The summed E-state index contributed by atoms with van der Waals surface area (Å²) in [4.78, 5) is 0. The van der Waals surface area contributed by atoms with E-state index in [0.717, 1.165) is 0 Å². The molecule has 4 nitrogen and oxygen atoms in total. The molecule has 2 heterocycles. The first-order valence-electron chi connectivity index (χ1n) is 5.28. The van der Waals surface area contributed by atoms with Gasteiger partial charge in [-0.25, -0.2) is 8.42 Å². The minimum absolute atomic E-state index is 0.346. The Balaban J connectivity index is 2.22. The molecule has 0 atom stereocenters. The molecule has 7 heteroatoms. The van der Waals surface area contributed by atoms with E-state index in [2.05, 4.69) is 15.9 Å². The molecule has 0 spiro atoms. The van der Waals surface area contributed by atoms with Crippen molar-refractivity contribution in [1.82, 2.24) is 4.31 Å². The maximum Gasteiger partial charge on any atom is 0.253 e. The van der Waals surface area contributed by atoms with Crippen molar-refractivity contribution in [3.8, 4) is 0 Å². The Kier molecular flexibility index (Phi) is 3.66. The van der Waals surface area contributed by atoms with Gasteiger partial charge in [0.1, 0.15) is 4.21 Å². The first kappa shape index (κ1) is 13.5. The maximum atomic E-state index is 12.3. The van der Waals surface area contributed by atoms with Gasteiger partial charge in [0.2, 0.25) is 0 Å². The molecule has 17 heavy (non-hydrogen) atoms. The predicted octanol–water partition coefficient (Wildman–Crippen LogP) is 2.05. The number of aliphatic hydroxyl groups is 1. The number of hydrogen-bond acceptors (Lipinski definition) is 4. The number of rotatable bonds is 2. The predicted molar refractivity (Wildman–Crippen MR) is 70.6 cm³/mol. The Morgan fingerprint density at radius 2 is 2.06 bits per heavy atom. The van der Waals surface area contributed by atoms with Crippen molar-refractivity contribution < 1.29 is 13.5 Å². The normalized spacial score (nSPS) is 21.6. The average molecular weight is 340 g/mol. The number of halogens is 1. The second-order valence-electron chi connectivity index (χ2n) is 4.46.